The smallest absolute Gasteiger partial charge is 0.455 e. The van der Waals surface area contributed by atoms with Crippen molar-refractivity contribution in [3.8, 4) is 17.1 Å². The van der Waals surface area contributed by atoms with Gasteiger partial charge in [-0.1, -0.05) is 42.5 Å². The Hall–Kier alpha value is -2.95. The van der Waals surface area contributed by atoms with Crippen LogP contribution in [0.25, 0.3) is 33.1 Å². The number of carbonyl (C=O) groups excluding carboxylic acids is 1. The predicted molar refractivity (Wildman–Crippen MR) is 140 cm³/mol. The predicted octanol–water partition coefficient (Wildman–Crippen LogP) is 6.39. The zero-order valence-corrected chi connectivity index (χ0v) is 23.7. The quantitative estimate of drug-likeness (QED) is 0.178. The van der Waals surface area contributed by atoms with E-state index in [-0.39, 0.29) is 66.8 Å². The molecule has 0 bridgehead atoms. The zero-order chi connectivity index (χ0) is 27.6. The van der Waals surface area contributed by atoms with Crippen LogP contribution >= 0.6 is 0 Å². The van der Waals surface area contributed by atoms with E-state index in [1.54, 1.807) is 43.3 Å². The van der Waals surface area contributed by atoms with Gasteiger partial charge >= 0.3 is 6.18 Å². The molecule has 10 heteroatoms. The van der Waals surface area contributed by atoms with Gasteiger partial charge in [0.05, 0.1) is 16.9 Å². The molecule has 2 aromatic carbocycles. The Balaban J connectivity index is 0.000000239. The van der Waals surface area contributed by atoms with Crippen LogP contribution in [0.3, 0.4) is 0 Å². The topological polar surface area (TPSA) is 85.1 Å². The maximum Gasteiger partial charge on any atom is 0.455 e. The van der Waals surface area contributed by atoms with Crippen molar-refractivity contribution in [1.29, 1.82) is 0 Å². The Bertz CT molecular complexity index is 1690. The maximum atomic E-state index is 12.8. The summed E-state index contributed by atoms with van der Waals surface area (Å²) in [6.45, 7) is 5.61. The molecular weight excluding hydrogens is 647 g/mol. The molecule has 201 valence electrons. The number of Topliss-reactive ketones (excluding diaryl/α,β-unsaturated/α-hetero) is 1. The van der Waals surface area contributed by atoms with Crippen molar-refractivity contribution in [2.24, 2.45) is 0 Å². The molecule has 0 unspecified atom stereocenters. The van der Waals surface area contributed by atoms with Gasteiger partial charge in [0.15, 0.2) is 0 Å². The number of benzene rings is 2. The first-order chi connectivity index (χ1) is 18.0. The van der Waals surface area contributed by atoms with Crippen molar-refractivity contribution >= 4 is 27.5 Å². The Labute approximate surface area is 263 Å². The minimum Gasteiger partial charge on any atom is -0.506 e. The number of aromatic nitrogens is 3. The molecule has 0 aliphatic heterocycles. The van der Waals surface area contributed by atoms with E-state index in [2.05, 4.69) is 9.97 Å². The average Bonchev–Trinajstić information content (AvgIpc) is 2.88. The number of rotatable bonds is 3. The van der Waals surface area contributed by atoms with Crippen LogP contribution in [-0.4, -0.2) is 31.6 Å². The normalized spacial score (nSPS) is 11.0. The van der Waals surface area contributed by atoms with Crippen LogP contribution in [0.2, 0.25) is 0 Å². The second kappa shape index (κ2) is 12.5. The Morgan fingerprint density at radius 3 is 1.95 bits per heavy atom. The number of fused-ring (bicyclic) bond motifs is 3. The summed E-state index contributed by atoms with van der Waals surface area (Å²) in [6, 6.07) is 21.9. The van der Waals surface area contributed by atoms with Crippen molar-refractivity contribution in [2.45, 2.75) is 33.5 Å². The van der Waals surface area contributed by atoms with Gasteiger partial charge in [-0.3, -0.25) is 19.6 Å². The van der Waals surface area contributed by atoms with Gasteiger partial charge in [0, 0.05) is 72.7 Å². The zero-order valence-electron chi connectivity index (χ0n) is 21.3. The van der Waals surface area contributed by atoms with Crippen LogP contribution in [-0.2, 0) is 6.54 Å². The van der Waals surface area contributed by atoms with E-state index in [0.717, 1.165) is 27.3 Å². The third kappa shape index (κ3) is 6.45. The van der Waals surface area contributed by atoms with E-state index in [0.29, 0.717) is 10.8 Å². The summed E-state index contributed by atoms with van der Waals surface area (Å²) in [6.07, 6.45) is -5.25. The average molecular weight is 671 g/mol. The van der Waals surface area contributed by atoms with E-state index >= 15 is 0 Å². The first-order valence-corrected chi connectivity index (χ1v) is 11.8. The minimum absolute atomic E-state index is 0. The minimum atomic E-state index is -5.25. The summed E-state index contributed by atoms with van der Waals surface area (Å²) in [5.74, 6) is -3.28. The Kier molecular flexibility index (Phi) is 9.80. The van der Waals surface area contributed by atoms with Gasteiger partial charge in [-0.15, -0.1) is 0 Å². The molecule has 0 amide bonds. The monoisotopic (exact) mass is 672 g/mol. The van der Waals surface area contributed by atoms with E-state index < -0.39 is 28.8 Å². The van der Waals surface area contributed by atoms with E-state index in [1.807, 2.05) is 50.2 Å². The van der Waals surface area contributed by atoms with Gasteiger partial charge < -0.3 is 9.67 Å². The number of carbonyl (C=O) groups is 1. The summed E-state index contributed by atoms with van der Waals surface area (Å²) in [5.41, 5.74) is 1.80. The van der Waals surface area contributed by atoms with Crippen molar-refractivity contribution in [3.63, 3.8) is 0 Å². The van der Waals surface area contributed by atoms with Crippen LogP contribution in [0.1, 0.15) is 28.7 Å². The molecule has 0 saturated carbocycles. The standard InChI is InChI=1S/C17H12F3NO3.C12H12N2.Eu/c1-2-21-11-8-7-9-5-3-4-6-10(9)12(11)14(22)13(16(21)24)15(23)17(18,19)20;1-9-5-3-7-11(13-9)12-8-4-6-10(2)14-12;/h3-8,22H,2H2,1H3;3-8H,1-2H3;. The number of alkyl halides is 3. The molecule has 3 heterocycles. The molecule has 39 heavy (non-hydrogen) atoms. The summed E-state index contributed by atoms with van der Waals surface area (Å²) in [4.78, 5) is 32.8. The third-order valence-corrected chi connectivity index (χ3v) is 5.97. The number of nitrogens with zero attached hydrogens (tertiary/aromatic N) is 3. The number of hydrogen-bond acceptors (Lipinski definition) is 5. The van der Waals surface area contributed by atoms with Crippen molar-refractivity contribution in [3.05, 3.63) is 100 Å². The largest absolute Gasteiger partial charge is 0.506 e. The van der Waals surface area contributed by atoms with E-state index in [1.165, 1.54) is 0 Å². The maximum absolute atomic E-state index is 12.8. The van der Waals surface area contributed by atoms with Crippen LogP contribution in [0.15, 0.2) is 77.6 Å². The number of aromatic hydroxyl groups is 1. The molecule has 0 atom stereocenters. The summed E-state index contributed by atoms with van der Waals surface area (Å²) >= 11 is 0. The van der Waals surface area contributed by atoms with Gasteiger partial charge in [-0.2, -0.15) is 13.2 Å². The van der Waals surface area contributed by atoms with E-state index in [9.17, 15) is 27.9 Å². The van der Waals surface area contributed by atoms with E-state index in [4.69, 9.17) is 0 Å². The van der Waals surface area contributed by atoms with Crippen LogP contribution in [0, 0.1) is 63.2 Å². The molecule has 1 radical (unpaired) electrons. The fourth-order valence-electron chi connectivity index (χ4n) is 4.24. The molecule has 5 aromatic rings. The number of hydrogen-bond donors (Lipinski definition) is 1. The first-order valence-electron chi connectivity index (χ1n) is 11.8. The number of ketones is 1. The second-order valence-corrected chi connectivity index (χ2v) is 8.61. The molecule has 1 N–H and O–H groups in total. The van der Waals surface area contributed by atoms with Crippen molar-refractivity contribution < 1.29 is 72.4 Å². The van der Waals surface area contributed by atoms with Crippen LogP contribution in [0.4, 0.5) is 13.2 Å². The van der Waals surface area contributed by atoms with Gasteiger partial charge in [0.25, 0.3) is 11.3 Å². The van der Waals surface area contributed by atoms with Gasteiger partial charge in [-0.05, 0) is 61.9 Å². The van der Waals surface area contributed by atoms with Crippen LogP contribution < -0.4 is 5.56 Å². The van der Waals surface area contributed by atoms with Gasteiger partial charge in [-0.25, -0.2) is 0 Å². The third-order valence-electron chi connectivity index (χ3n) is 5.97. The number of halogens is 3. The number of pyridine rings is 3. The van der Waals surface area contributed by atoms with Gasteiger partial charge in [0.1, 0.15) is 11.3 Å². The molecule has 0 aliphatic carbocycles. The molecule has 0 saturated heterocycles. The van der Waals surface area contributed by atoms with Crippen LogP contribution in [0.5, 0.6) is 5.75 Å². The molecule has 0 aliphatic rings. The molecule has 0 fully saturated rings. The summed E-state index contributed by atoms with van der Waals surface area (Å²) < 4.78 is 39.6. The van der Waals surface area contributed by atoms with Gasteiger partial charge in [0.2, 0.25) is 0 Å². The summed E-state index contributed by atoms with van der Waals surface area (Å²) in [5, 5.41) is 11.5. The Morgan fingerprint density at radius 2 is 1.44 bits per heavy atom. The van der Waals surface area contributed by atoms with Crippen molar-refractivity contribution in [1.82, 2.24) is 14.5 Å². The molecule has 0 spiro atoms. The van der Waals surface area contributed by atoms with Crippen molar-refractivity contribution in [2.75, 3.05) is 0 Å². The molecule has 5 rings (SSSR count). The second-order valence-electron chi connectivity index (χ2n) is 8.61. The number of aryl methyl sites for hydroxylation is 3. The molecule has 3 aromatic heterocycles. The SMILES string of the molecule is CCn1c(=O)c(C(=O)C(F)(F)F)c(O)c2c3ccccc3ccc21.Cc1cccc(-c2cccc(C)n2)n1.[Eu]. The fraction of sp³-hybridized carbons (Fsp3) is 0.172. The molecule has 6 nitrogen and oxygen atoms in total. The fourth-order valence-corrected chi connectivity index (χ4v) is 4.24. The summed E-state index contributed by atoms with van der Waals surface area (Å²) in [7, 11) is 0. The Morgan fingerprint density at radius 1 is 0.872 bits per heavy atom. The first kappa shape index (κ1) is 30.6. The molecular formula is C29H24EuF3N3O3.